The minimum absolute atomic E-state index is 0.0620. The van der Waals surface area contributed by atoms with Crippen LogP contribution in [0.2, 0.25) is 0 Å². The van der Waals surface area contributed by atoms with Gasteiger partial charge >= 0.3 is 0 Å². The molecule has 0 radical (unpaired) electrons. The lowest BCUT2D eigenvalue weighted by atomic mass is 10.2. The van der Waals surface area contributed by atoms with Gasteiger partial charge in [-0.2, -0.15) is 5.10 Å². The summed E-state index contributed by atoms with van der Waals surface area (Å²) in [5, 5.41) is 6.64. The van der Waals surface area contributed by atoms with E-state index in [2.05, 4.69) is 15.8 Å². The smallest absolute Gasteiger partial charge is 0.240 e. The van der Waals surface area contributed by atoms with E-state index in [1.165, 1.54) is 6.21 Å². The Morgan fingerprint density at radius 1 is 1.04 bits per heavy atom. The molecule has 2 aromatic rings. The molecular formula is C20H23N3O3. The second-order valence-corrected chi connectivity index (χ2v) is 5.95. The van der Waals surface area contributed by atoms with Gasteiger partial charge in [-0.15, -0.1) is 0 Å². The van der Waals surface area contributed by atoms with Gasteiger partial charge in [-0.05, 0) is 43.7 Å². The number of carbonyl (C=O) groups is 2. The maximum absolute atomic E-state index is 11.8. The molecule has 2 aromatic carbocycles. The molecule has 0 saturated heterocycles. The molecule has 0 spiro atoms. The Morgan fingerprint density at radius 3 is 2.50 bits per heavy atom. The monoisotopic (exact) mass is 353 g/mol. The summed E-state index contributed by atoms with van der Waals surface area (Å²) in [5.41, 5.74) is 3.94. The number of amides is 2. The Labute approximate surface area is 153 Å². The molecule has 6 heteroatoms. The van der Waals surface area contributed by atoms with Crippen LogP contribution in [0.5, 0.6) is 5.75 Å². The third-order valence-electron chi connectivity index (χ3n) is 3.27. The van der Waals surface area contributed by atoms with E-state index in [4.69, 9.17) is 4.74 Å². The Bertz CT molecular complexity index is 758. The third kappa shape index (κ3) is 7.17. The highest BCUT2D eigenvalue weighted by Gasteiger charge is 2.06. The molecule has 0 saturated carbocycles. The van der Waals surface area contributed by atoms with Crippen LogP contribution in [-0.2, 0) is 9.59 Å². The number of para-hydroxylation sites is 1. The van der Waals surface area contributed by atoms with Crippen LogP contribution in [0.25, 0.3) is 0 Å². The summed E-state index contributed by atoms with van der Waals surface area (Å²) in [5.74, 6) is 0.209. The molecule has 0 fully saturated rings. The maximum Gasteiger partial charge on any atom is 0.240 e. The van der Waals surface area contributed by atoms with Crippen molar-refractivity contribution in [2.45, 2.75) is 32.8 Å². The first kappa shape index (κ1) is 19.2. The lowest BCUT2D eigenvalue weighted by molar-refractivity contribution is -0.124. The van der Waals surface area contributed by atoms with Crippen LogP contribution in [0.1, 0.15) is 32.3 Å². The van der Waals surface area contributed by atoms with E-state index in [9.17, 15) is 9.59 Å². The van der Waals surface area contributed by atoms with Crippen LogP contribution in [0.4, 0.5) is 5.69 Å². The second-order valence-electron chi connectivity index (χ2n) is 5.95. The molecule has 2 amide bonds. The lowest BCUT2D eigenvalue weighted by Gasteiger charge is -2.09. The highest BCUT2D eigenvalue weighted by molar-refractivity contribution is 5.93. The van der Waals surface area contributed by atoms with Crippen molar-refractivity contribution in [3.63, 3.8) is 0 Å². The van der Waals surface area contributed by atoms with Crippen molar-refractivity contribution in [2.24, 2.45) is 5.10 Å². The third-order valence-corrected chi connectivity index (χ3v) is 3.27. The van der Waals surface area contributed by atoms with Gasteiger partial charge < -0.3 is 10.1 Å². The predicted molar refractivity (Wildman–Crippen MR) is 102 cm³/mol. The lowest BCUT2D eigenvalue weighted by Crippen LogP contribution is -2.20. The Kier molecular flexibility index (Phi) is 7.36. The molecule has 136 valence electrons. The van der Waals surface area contributed by atoms with Crippen molar-refractivity contribution in [1.29, 1.82) is 0 Å². The van der Waals surface area contributed by atoms with Gasteiger partial charge in [-0.3, -0.25) is 9.59 Å². The van der Waals surface area contributed by atoms with Crippen LogP contribution in [0.15, 0.2) is 59.7 Å². The van der Waals surface area contributed by atoms with Crippen LogP contribution in [0.3, 0.4) is 0 Å². The largest absolute Gasteiger partial charge is 0.491 e. The summed E-state index contributed by atoms with van der Waals surface area (Å²) in [6.45, 7) is 3.91. The van der Waals surface area contributed by atoms with Crippen molar-refractivity contribution in [2.75, 3.05) is 5.32 Å². The molecule has 26 heavy (non-hydrogen) atoms. The first-order valence-electron chi connectivity index (χ1n) is 8.46. The van der Waals surface area contributed by atoms with Crippen LogP contribution in [0, 0.1) is 0 Å². The highest BCUT2D eigenvalue weighted by Crippen LogP contribution is 2.13. The van der Waals surface area contributed by atoms with E-state index >= 15 is 0 Å². The molecule has 0 aliphatic carbocycles. The Hall–Kier alpha value is -3.15. The minimum atomic E-state index is -0.320. The van der Waals surface area contributed by atoms with Crippen LogP contribution >= 0.6 is 0 Å². The maximum atomic E-state index is 11.8. The fourth-order valence-corrected chi connectivity index (χ4v) is 2.15. The molecule has 0 bridgehead atoms. The summed E-state index contributed by atoms with van der Waals surface area (Å²) in [4.78, 5) is 23.6. The van der Waals surface area contributed by atoms with Crippen molar-refractivity contribution in [3.8, 4) is 5.75 Å². The molecule has 0 aliphatic rings. The van der Waals surface area contributed by atoms with Crippen molar-refractivity contribution < 1.29 is 14.3 Å². The SMILES string of the molecule is CC(C)Oc1cccc(C=NNC(=O)CCC(=O)Nc2ccccc2)c1. The summed E-state index contributed by atoms with van der Waals surface area (Å²) in [6.07, 6.45) is 1.78. The fourth-order valence-electron chi connectivity index (χ4n) is 2.15. The van der Waals surface area contributed by atoms with Gasteiger partial charge in [0.2, 0.25) is 11.8 Å². The van der Waals surface area contributed by atoms with Crippen molar-refractivity contribution >= 4 is 23.7 Å². The summed E-state index contributed by atoms with van der Waals surface area (Å²) in [7, 11) is 0. The van der Waals surface area contributed by atoms with E-state index in [-0.39, 0.29) is 30.8 Å². The number of rotatable bonds is 8. The first-order valence-corrected chi connectivity index (χ1v) is 8.46. The zero-order chi connectivity index (χ0) is 18.8. The van der Waals surface area contributed by atoms with Gasteiger partial charge in [-0.1, -0.05) is 30.3 Å². The number of hydrogen-bond acceptors (Lipinski definition) is 4. The quantitative estimate of drug-likeness (QED) is 0.564. The van der Waals surface area contributed by atoms with Crippen LogP contribution in [-0.4, -0.2) is 24.1 Å². The topological polar surface area (TPSA) is 79.8 Å². The van der Waals surface area contributed by atoms with Gasteiger partial charge in [-0.25, -0.2) is 5.43 Å². The van der Waals surface area contributed by atoms with E-state index < -0.39 is 0 Å². The molecule has 2 rings (SSSR count). The van der Waals surface area contributed by atoms with E-state index in [1.54, 1.807) is 12.1 Å². The number of carbonyl (C=O) groups excluding carboxylic acids is 2. The average molecular weight is 353 g/mol. The number of hydrazone groups is 1. The highest BCUT2D eigenvalue weighted by atomic mass is 16.5. The first-order chi connectivity index (χ1) is 12.5. The van der Waals surface area contributed by atoms with Gasteiger partial charge in [0, 0.05) is 18.5 Å². The molecule has 2 N–H and O–H groups in total. The van der Waals surface area contributed by atoms with Crippen molar-refractivity contribution in [3.05, 3.63) is 60.2 Å². The number of benzene rings is 2. The van der Waals surface area contributed by atoms with Gasteiger partial charge in [0.15, 0.2) is 0 Å². The van der Waals surface area contributed by atoms with E-state index in [1.807, 2.05) is 56.3 Å². The normalized spacial score (nSPS) is 10.7. The molecule has 0 atom stereocenters. The minimum Gasteiger partial charge on any atom is -0.491 e. The van der Waals surface area contributed by atoms with Gasteiger partial charge in [0.05, 0.1) is 12.3 Å². The Morgan fingerprint density at radius 2 is 1.77 bits per heavy atom. The summed E-state index contributed by atoms with van der Waals surface area (Å²) < 4.78 is 5.60. The summed E-state index contributed by atoms with van der Waals surface area (Å²) >= 11 is 0. The summed E-state index contributed by atoms with van der Waals surface area (Å²) in [6, 6.07) is 16.5. The van der Waals surface area contributed by atoms with E-state index in [0.717, 1.165) is 11.3 Å². The zero-order valence-electron chi connectivity index (χ0n) is 14.9. The molecule has 6 nitrogen and oxygen atoms in total. The molecule has 0 heterocycles. The predicted octanol–water partition coefficient (Wildman–Crippen LogP) is 3.34. The number of ether oxygens (including phenoxy) is 1. The van der Waals surface area contributed by atoms with E-state index in [0.29, 0.717) is 5.69 Å². The zero-order valence-corrected chi connectivity index (χ0v) is 14.9. The molecular weight excluding hydrogens is 330 g/mol. The van der Waals surface area contributed by atoms with Gasteiger partial charge in [0.25, 0.3) is 0 Å². The number of hydrogen-bond donors (Lipinski definition) is 2. The molecule has 0 unspecified atom stereocenters. The number of nitrogens with one attached hydrogen (secondary N) is 2. The molecule has 0 aliphatic heterocycles. The second kappa shape index (κ2) is 9.98. The van der Waals surface area contributed by atoms with Crippen LogP contribution < -0.4 is 15.5 Å². The van der Waals surface area contributed by atoms with Gasteiger partial charge in [0.1, 0.15) is 5.75 Å². The number of nitrogens with zero attached hydrogens (tertiary/aromatic N) is 1. The fraction of sp³-hybridized carbons (Fsp3) is 0.250. The average Bonchev–Trinajstić information content (AvgIpc) is 2.61. The number of anilines is 1. The Balaban J connectivity index is 1.74. The van der Waals surface area contributed by atoms with Crippen molar-refractivity contribution in [1.82, 2.24) is 5.43 Å². The standard InChI is InChI=1S/C20H23N3O3/c1-15(2)26-18-10-6-7-16(13-18)14-21-23-20(25)12-11-19(24)22-17-8-4-3-5-9-17/h3-10,13-15H,11-12H2,1-2H3,(H,22,24)(H,23,25). The molecule has 0 aromatic heterocycles.